The number of anilines is 1. The van der Waals surface area contributed by atoms with E-state index in [0.29, 0.717) is 18.9 Å². The number of hydrogen-bond acceptors (Lipinski definition) is 6. The lowest BCUT2D eigenvalue weighted by atomic mass is 9.94. The van der Waals surface area contributed by atoms with Crippen LogP contribution in [0.15, 0.2) is 77.6 Å². The highest BCUT2D eigenvalue weighted by atomic mass is 16.5. The van der Waals surface area contributed by atoms with E-state index in [4.69, 9.17) is 14.2 Å². The van der Waals surface area contributed by atoms with Crippen LogP contribution < -0.4 is 9.64 Å². The summed E-state index contributed by atoms with van der Waals surface area (Å²) in [4.78, 5) is 11.3. The van der Waals surface area contributed by atoms with Gasteiger partial charge in [-0.3, -0.25) is 0 Å². The van der Waals surface area contributed by atoms with Gasteiger partial charge in [0.05, 0.1) is 11.3 Å². The highest BCUT2D eigenvalue weighted by molar-refractivity contribution is 5.73. The summed E-state index contributed by atoms with van der Waals surface area (Å²) in [7, 11) is 0. The quantitative estimate of drug-likeness (QED) is 0.299. The van der Waals surface area contributed by atoms with Crippen LogP contribution in [0, 0.1) is 0 Å². The lowest BCUT2D eigenvalue weighted by Gasteiger charge is -2.47. The molecular weight excluding hydrogens is 436 g/mol. The Morgan fingerprint density at radius 1 is 0.800 bits per heavy atom. The van der Waals surface area contributed by atoms with E-state index in [9.17, 15) is 0 Å². The zero-order chi connectivity index (χ0) is 25.1. The molecule has 3 heterocycles. The maximum Gasteiger partial charge on any atom is 0.213 e. The molecule has 6 heteroatoms. The Morgan fingerprint density at radius 2 is 1.49 bits per heavy atom. The molecule has 0 radical (unpaired) electrons. The minimum atomic E-state index is -0.119. The van der Waals surface area contributed by atoms with Gasteiger partial charge in [0.15, 0.2) is 5.76 Å². The maximum atomic E-state index is 5.81. The van der Waals surface area contributed by atoms with Crippen molar-refractivity contribution in [2.75, 3.05) is 4.90 Å². The van der Waals surface area contributed by atoms with E-state index in [1.54, 1.807) is 6.20 Å². The lowest BCUT2D eigenvalue weighted by Crippen LogP contribution is -2.53. The van der Waals surface area contributed by atoms with Crippen LogP contribution in [0.5, 0.6) is 5.88 Å². The van der Waals surface area contributed by atoms with Crippen molar-refractivity contribution in [1.82, 2.24) is 15.1 Å². The molecule has 0 amide bonds. The lowest BCUT2D eigenvalue weighted by molar-refractivity contribution is 0.294. The van der Waals surface area contributed by atoms with Gasteiger partial charge in [-0.25, -0.2) is 9.97 Å². The van der Waals surface area contributed by atoms with Crippen molar-refractivity contribution in [3.8, 4) is 17.2 Å². The third-order valence-electron chi connectivity index (χ3n) is 5.60. The number of nitrogens with zero attached hydrogens (tertiary/aromatic N) is 4. The molecule has 0 aliphatic heterocycles. The van der Waals surface area contributed by atoms with Crippen LogP contribution in [0.2, 0.25) is 0 Å². The Hall–Kier alpha value is -3.67. The first-order valence-corrected chi connectivity index (χ1v) is 11.9. The number of hydrogen-bond donors (Lipinski definition) is 0. The third kappa shape index (κ3) is 6.07. The Bertz CT molecular complexity index is 1220. The van der Waals surface area contributed by atoms with Crippen LogP contribution in [0.3, 0.4) is 0 Å². The summed E-state index contributed by atoms with van der Waals surface area (Å²) < 4.78 is 11.5. The number of rotatable bonds is 7. The number of aromatic nitrogens is 3. The largest absolute Gasteiger partial charge is 0.473 e. The van der Waals surface area contributed by atoms with Crippen LogP contribution in [0.4, 0.5) is 5.82 Å². The van der Waals surface area contributed by atoms with Gasteiger partial charge < -0.3 is 14.2 Å². The second-order valence-electron chi connectivity index (χ2n) is 10.7. The van der Waals surface area contributed by atoms with E-state index in [1.807, 2.05) is 42.6 Å². The maximum absolute atomic E-state index is 5.81. The smallest absolute Gasteiger partial charge is 0.213 e. The number of pyridine rings is 2. The van der Waals surface area contributed by atoms with Crippen molar-refractivity contribution in [2.45, 2.75) is 65.6 Å². The minimum absolute atomic E-state index is 0.119. The molecule has 35 heavy (non-hydrogen) atoms. The van der Waals surface area contributed by atoms with Gasteiger partial charge in [0.25, 0.3) is 0 Å². The molecule has 0 saturated carbocycles. The molecule has 3 aromatic heterocycles. The fourth-order valence-corrected chi connectivity index (χ4v) is 4.48. The predicted molar refractivity (Wildman–Crippen MR) is 140 cm³/mol. The van der Waals surface area contributed by atoms with Gasteiger partial charge in [-0.1, -0.05) is 35.5 Å². The molecule has 0 N–H and O–H groups in total. The monoisotopic (exact) mass is 470 g/mol. The zero-order valence-corrected chi connectivity index (χ0v) is 21.4. The van der Waals surface area contributed by atoms with Crippen molar-refractivity contribution in [2.24, 2.45) is 0 Å². The molecule has 0 aliphatic rings. The fraction of sp³-hybridized carbons (Fsp3) is 0.345. The average molecular weight is 471 g/mol. The van der Waals surface area contributed by atoms with Crippen molar-refractivity contribution in [1.29, 1.82) is 0 Å². The van der Waals surface area contributed by atoms with Gasteiger partial charge in [0.2, 0.25) is 5.88 Å². The molecule has 4 rings (SSSR count). The van der Waals surface area contributed by atoms with Crippen molar-refractivity contribution in [3.63, 3.8) is 0 Å². The molecule has 4 aromatic rings. The predicted octanol–water partition coefficient (Wildman–Crippen LogP) is 6.70. The summed E-state index contributed by atoms with van der Waals surface area (Å²) in [6, 6.07) is 20.0. The molecule has 0 fully saturated rings. The normalized spacial score (nSPS) is 11.9. The van der Waals surface area contributed by atoms with E-state index in [1.165, 1.54) is 0 Å². The molecule has 0 unspecified atom stereocenters. The van der Waals surface area contributed by atoms with E-state index in [0.717, 1.165) is 34.0 Å². The number of benzene rings is 1. The molecule has 0 atom stereocenters. The van der Waals surface area contributed by atoms with Gasteiger partial charge in [-0.15, -0.1) is 0 Å². The van der Waals surface area contributed by atoms with Crippen molar-refractivity contribution >= 4 is 5.82 Å². The Balaban J connectivity index is 1.50. The SMILES string of the molecule is CC(C)(C)N(c1ncccc1-c1cc(Cc2ccc(COc3ccccn3)cc2)no1)C(C)(C)C. The van der Waals surface area contributed by atoms with Crippen LogP contribution in [-0.2, 0) is 13.0 Å². The first-order valence-electron chi connectivity index (χ1n) is 11.9. The molecule has 1 aromatic carbocycles. The van der Waals surface area contributed by atoms with E-state index >= 15 is 0 Å². The van der Waals surface area contributed by atoms with Crippen LogP contribution in [0.1, 0.15) is 58.4 Å². The molecule has 6 nitrogen and oxygen atoms in total. The van der Waals surface area contributed by atoms with E-state index < -0.39 is 0 Å². The molecule has 0 bridgehead atoms. The second kappa shape index (κ2) is 9.90. The van der Waals surface area contributed by atoms with Crippen molar-refractivity contribution < 1.29 is 9.26 Å². The van der Waals surface area contributed by atoms with Crippen molar-refractivity contribution in [3.05, 3.63) is 89.9 Å². The molecular formula is C29H34N4O2. The molecule has 0 spiro atoms. The molecule has 0 aliphatic carbocycles. The summed E-state index contributed by atoms with van der Waals surface area (Å²) >= 11 is 0. The Morgan fingerprint density at radius 3 is 2.14 bits per heavy atom. The summed E-state index contributed by atoms with van der Waals surface area (Å²) in [6.45, 7) is 13.7. The molecule has 182 valence electrons. The standard InChI is InChI=1S/C29H34N4O2/c1-28(2,3)33(29(4,5)6)27-24(10-9-17-31-27)25-19-23(32-35-25)18-21-12-14-22(15-13-21)20-34-26-11-7-8-16-30-26/h7-17,19H,18,20H2,1-6H3. The summed E-state index contributed by atoms with van der Waals surface area (Å²) in [6.07, 6.45) is 4.24. The molecule has 0 saturated heterocycles. The van der Waals surface area contributed by atoms with Crippen LogP contribution in [0.25, 0.3) is 11.3 Å². The van der Waals surface area contributed by atoms with E-state index in [-0.39, 0.29) is 11.1 Å². The van der Waals surface area contributed by atoms with E-state index in [2.05, 4.69) is 80.8 Å². The van der Waals surface area contributed by atoms with Gasteiger partial charge >= 0.3 is 0 Å². The summed E-state index contributed by atoms with van der Waals surface area (Å²) in [5.41, 5.74) is 3.83. The summed E-state index contributed by atoms with van der Waals surface area (Å²) in [5, 5.41) is 4.36. The highest BCUT2D eigenvalue weighted by Gasteiger charge is 2.34. The fourth-order valence-electron chi connectivity index (χ4n) is 4.48. The van der Waals surface area contributed by atoms with Gasteiger partial charge in [0.1, 0.15) is 12.4 Å². The Labute approximate surface area is 208 Å². The van der Waals surface area contributed by atoms with Gasteiger partial charge in [0, 0.05) is 42.0 Å². The Kier molecular flexibility index (Phi) is 6.92. The third-order valence-corrected chi connectivity index (χ3v) is 5.60. The zero-order valence-electron chi connectivity index (χ0n) is 21.4. The van der Waals surface area contributed by atoms with Gasteiger partial charge in [-0.05, 0) is 70.9 Å². The van der Waals surface area contributed by atoms with Crippen LogP contribution >= 0.6 is 0 Å². The average Bonchev–Trinajstić information content (AvgIpc) is 3.26. The summed E-state index contributed by atoms with van der Waals surface area (Å²) in [5.74, 6) is 2.24. The van der Waals surface area contributed by atoms with Gasteiger partial charge in [-0.2, -0.15) is 0 Å². The highest BCUT2D eigenvalue weighted by Crippen LogP contribution is 2.37. The first-order chi connectivity index (χ1) is 16.6. The number of ether oxygens (including phenoxy) is 1. The topological polar surface area (TPSA) is 64.3 Å². The second-order valence-corrected chi connectivity index (χ2v) is 10.7. The minimum Gasteiger partial charge on any atom is -0.473 e. The first kappa shape index (κ1) is 24.5. The van der Waals surface area contributed by atoms with Crippen LogP contribution in [-0.4, -0.2) is 26.2 Å².